The molecule has 0 bridgehead atoms. The van der Waals surface area contributed by atoms with E-state index in [0.717, 1.165) is 13.0 Å². The first-order chi connectivity index (χ1) is 9.33. The van der Waals surface area contributed by atoms with Gasteiger partial charge in [0.25, 0.3) is 0 Å². The van der Waals surface area contributed by atoms with E-state index >= 15 is 0 Å². The number of hydrogen-bond donors (Lipinski definition) is 1. The Morgan fingerprint density at radius 1 is 1.20 bits per heavy atom. The largest absolute Gasteiger partial charge is 0.378 e. The highest BCUT2D eigenvalue weighted by Crippen LogP contribution is 2.21. The molecular formula is C15H26N2O2S. The second kappa shape index (κ2) is 7.64. The molecule has 0 aromatic heterocycles. The second-order valence-corrected chi connectivity index (χ2v) is 7.63. The molecule has 1 unspecified atom stereocenters. The van der Waals surface area contributed by atoms with Gasteiger partial charge in [-0.1, -0.05) is 19.1 Å². The maximum absolute atomic E-state index is 11.2. The number of rotatable bonds is 8. The lowest BCUT2D eigenvalue weighted by Gasteiger charge is -2.20. The zero-order valence-corrected chi connectivity index (χ0v) is 13.7. The number of nitrogens with zero attached hydrogens (tertiary/aromatic N) is 1. The third-order valence-electron chi connectivity index (χ3n) is 3.27. The molecule has 0 aliphatic carbocycles. The van der Waals surface area contributed by atoms with Gasteiger partial charge in [0.1, 0.15) is 9.84 Å². The van der Waals surface area contributed by atoms with Crippen molar-refractivity contribution >= 4 is 15.5 Å². The normalized spacial score (nSPS) is 13.2. The van der Waals surface area contributed by atoms with Gasteiger partial charge in [-0.3, -0.25) is 0 Å². The number of hydrogen-bond acceptors (Lipinski definition) is 4. The van der Waals surface area contributed by atoms with Crippen molar-refractivity contribution < 1.29 is 8.42 Å². The summed E-state index contributed by atoms with van der Waals surface area (Å²) in [5, 5.41) is 3.43. The number of nitrogens with one attached hydrogen (secondary N) is 1. The highest BCUT2D eigenvalue weighted by molar-refractivity contribution is 7.90. The molecule has 0 heterocycles. The first-order valence-electron chi connectivity index (χ1n) is 7.02. The molecule has 1 aromatic carbocycles. The van der Waals surface area contributed by atoms with Crippen LogP contribution in [-0.4, -0.2) is 41.1 Å². The maximum Gasteiger partial charge on any atom is 0.147 e. The van der Waals surface area contributed by atoms with Crippen molar-refractivity contribution in [1.29, 1.82) is 0 Å². The molecule has 5 heteroatoms. The third-order valence-corrected chi connectivity index (χ3v) is 4.30. The van der Waals surface area contributed by atoms with Gasteiger partial charge in [0.15, 0.2) is 0 Å². The van der Waals surface area contributed by atoms with Crippen molar-refractivity contribution in [2.75, 3.05) is 37.5 Å². The molecule has 0 fully saturated rings. The zero-order chi connectivity index (χ0) is 15.2. The minimum Gasteiger partial charge on any atom is -0.378 e. The van der Waals surface area contributed by atoms with Crippen molar-refractivity contribution in [2.24, 2.45) is 0 Å². The van der Waals surface area contributed by atoms with Crippen LogP contribution in [0.2, 0.25) is 0 Å². The summed E-state index contributed by atoms with van der Waals surface area (Å²) in [6, 6.07) is 8.64. The van der Waals surface area contributed by atoms with E-state index in [1.807, 2.05) is 14.1 Å². The lowest BCUT2D eigenvalue weighted by Crippen LogP contribution is -2.21. The number of benzene rings is 1. The highest BCUT2D eigenvalue weighted by Gasteiger charge is 2.12. The second-order valence-electron chi connectivity index (χ2n) is 5.37. The summed E-state index contributed by atoms with van der Waals surface area (Å²) in [4.78, 5) is 2.07. The van der Waals surface area contributed by atoms with E-state index in [9.17, 15) is 8.42 Å². The predicted octanol–water partition coefficient (Wildman–Crippen LogP) is 2.23. The van der Waals surface area contributed by atoms with E-state index in [4.69, 9.17) is 0 Å². The lowest BCUT2D eigenvalue weighted by atomic mass is 10.0. The van der Waals surface area contributed by atoms with Crippen LogP contribution in [0.4, 0.5) is 5.69 Å². The van der Waals surface area contributed by atoms with Crippen molar-refractivity contribution in [2.45, 2.75) is 25.8 Å². The molecule has 1 rings (SSSR count). The SMILES string of the molecule is CCNC(CCCS(C)(=O)=O)c1ccc(N(C)C)cc1. The first-order valence-corrected chi connectivity index (χ1v) is 9.08. The van der Waals surface area contributed by atoms with Crippen LogP contribution < -0.4 is 10.2 Å². The molecule has 0 amide bonds. The fraction of sp³-hybridized carbons (Fsp3) is 0.600. The average Bonchev–Trinajstić information content (AvgIpc) is 2.36. The van der Waals surface area contributed by atoms with Gasteiger partial charge < -0.3 is 10.2 Å². The summed E-state index contributed by atoms with van der Waals surface area (Å²) in [6.07, 6.45) is 2.81. The van der Waals surface area contributed by atoms with Gasteiger partial charge in [-0.2, -0.15) is 0 Å². The summed E-state index contributed by atoms with van der Waals surface area (Å²) >= 11 is 0. The van der Waals surface area contributed by atoms with Gasteiger partial charge in [0.05, 0.1) is 0 Å². The summed E-state index contributed by atoms with van der Waals surface area (Å²) < 4.78 is 22.4. The van der Waals surface area contributed by atoms with E-state index < -0.39 is 9.84 Å². The standard InChI is InChI=1S/C15H26N2O2S/c1-5-16-15(7-6-12-20(4,18)19)13-8-10-14(11-9-13)17(2)3/h8-11,15-16H,5-7,12H2,1-4H3. The molecule has 4 nitrogen and oxygen atoms in total. The van der Waals surface area contributed by atoms with Crippen LogP contribution in [0.5, 0.6) is 0 Å². The lowest BCUT2D eigenvalue weighted by molar-refractivity contribution is 0.507. The van der Waals surface area contributed by atoms with Gasteiger partial charge in [0, 0.05) is 37.8 Å². The summed E-state index contributed by atoms with van der Waals surface area (Å²) in [6.45, 7) is 2.94. The maximum atomic E-state index is 11.2. The van der Waals surface area contributed by atoms with Crippen molar-refractivity contribution in [1.82, 2.24) is 5.32 Å². The van der Waals surface area contributed by atoms with Crippen molar-refractivity contribution in [3.05, 3.63) is 29.8 Å². The van der Waals surface area contributed by atoms with E-state index in [1.54, 1.807) is 0 Å². The molecule has 20 heavy (non-hydrogen) atoms. The van der Waals surface area contributed by atoms with Crippen molar-refractivity contribution in [3.63, 3.8) is 0 Å². The Balaban J connectivity index is 2.69. The Kier molecular flexibility index (Phi) is 6.49. The quantitative estimate of drug-likeness (QED) is 0.799. The zero-order valence-electron chi connectivity index (χ0n) is 12.9. The van der Waals surface area contributed by atoms with Crippen LogP contribution >= 0.6 is 0 Å². The Bertz CT molecular complexity index is 495. The van der Waals surface area contributed by atoms with Crippen LogP contribution in [-0.2, 0) is 9.84 Å². The molecule has 0 saturated heterocycles. The molecule has 0 spiro atoms. The predicted molar refractivity (Wildman–Crippen MR) is 86.1 cm³/mol. The van der Waals surface area contributed by atoms with E-state index in [0.29, 0.717) is 6.42 Å². The molecule has 114 valence electrons. The molecule has 0 aliphatic rings. The monoisotopic (exact) mass is 298 g/mol. The summed E-state index contributed by atoms with van der Waals surface area (Å²) in [7, 11) is 1.16. The molecule has 0 aliphatic heterocycles. The van der Waals surface area contributed by atoms with Crippen molar-refractivity contribution in [3.8, 4) is 0 Å². The Hall–Kier alpha value is -1.07. The molecule has 1 N–H and O–H groups in total. The number of sulfone groups is 1. The summed E-state index contributed by atoms with van der Waals surface area (Å²) in [5.41, 5.74) is 2.38. The van der Waals surface area contributed by atoms with Gasteiger partial charge in [-0.05, 0) is 37.1 Å². The van der Waals surface area contributed by atoms with Crippen LogP contribution in [0.25, 0.3) is 0 Å². The number of anilines is 1. The van der Waals surface area contributed by atoms with Gasteiger partial charge >= 0.3 is 0 Å². The summed E-state index contributed by atoms with van der Waals surface area (Å²) in [5.74, 6) is 0.255. The molecule has 0 saturated carbocycles. The average molecular weight is 298 g/mol. The topological polar surface area (TPSA) is 49.4 Å². The smallest absolute Gasteiger partial charge is 0.147 e. The first kappa shape index (κ1) is 17.0. The van der Waals surface area contributed by atoms with Gasteiger partial charge in [-0.25, -0.2) is 8.42 Å². The molecule has 1 atom stereocenters. The molecule has 0 radical (unpaired) electrons. The minimum atomic E-state index is -2.87. The van der Waals surface area contributed by atoms with Crippen LogP contribution in [0.1, 0.15) is 31.4 Å². The van der Waals surface area contributed by atoms with Gasteiger partial charge in [-0.15, -0.1) is 0 Å². The van der Waals surface area contributed by atoms with E-state index in [2.05, 4.69) is 41.4 Å². The van der Waals surface area contributed by atoms with Crippen LogP contribution in [0, 0.1) is 0 Å². The van der Waals surface area contributed by atoms with Crippen LogP contribution in [0.3, 0.4) is 0 Å². The third kappa shape index (κ3) is 5.92. The fourth-order valence-electron chi connectivity index (χ4n) is 2.19. The van der Waals surface area contributed by atoms with Crippen LogP contribution in [0.15, 0.2) is 24.3 Å². The Labute approximate surface area is 123 Å². The molecular weight excluding hydrogens is 272 g/mol. The minimum absolute atomic E-state index is 0.220. The Morgan fingerprint density at radius 3 is 2.25 bits per heavy atom. The Morgan fingerprint density at radius 2 is 1.80 bits per heavy atom. The van der Waals surface area contributed by atoms with Gasteiger partial charge in [0.2, 0.25) is 0 Å². The van der Waals surface area contributed by atoms with E-state index in [-0.39, 0.29) is 11.8 Å². The van der Waals surface area contributed by atoms with E-state index in [1.165, 1.54) is 17.5 Å². The molecule has 1 aromatic rings. The highest BCUT2D eigenvalue weighted by atomic mass is 32.2. The fourth-order valence-corrected chi connectivity index (χ4v) is 2.88.